The zero-order chi connectivity index (χ0) is 13.4. The van der Waals surface area contributed by atoms with E-state index in [1.807, 2.05) is 12.1 Å². The Labute approximate surface area is 118 Å². The molecule has 0 aliphatic rings. The van der Waals surface area contributed by atoms with Crippen LogP contribution in [0.25, 0.3) is 0 Å². The van der Waals surface area contributed by atoms with Crippen molar-refractivity contribution in [3.63, 3.8) is 0 Å². The van der Waals surface area contributed by atoms with Crippen LogP contribution in [0.4, 0.5) is 0 Å². The zero-order valence-corrected chi connectivity index (χ0v) is 12.2. The number of carbonyl (C=O) groups is 1. The maximum Gasteiger partial charge on any atom is 0.188 e. The van der Waals surface area contributed by atoms with E-state index in [9.17, 15) is 4.79 Å². The second kappa shape index (κ2) is 8.57. The highest BCUT2D eigenvalue weighted by atomic mass is 35.5. The first-order valence-electron chi connectivity index (χ1n) is 6.18. The number of hydrogen-bond acceptors (Lipinski definition) is 3. The van der Waals surface area contributed by atoms with Crippen molar-refractivity contribution in [2.45, 2.75) is 31.1 Å². The third kappa shape index (κ3) is 4.63. The highest BCUT2D eigenvalue weighted by Crippen LogP contribution is 2.26. The van der Waals surface area contributed by atoms with Crippen LogP contribution in [0.5, 0.6) is 0 Å². The van der Waals surface area contributed by atoms with Crippen molar-refractivity contribution in [3.8, 4) is 0 Å². The average Bonchev–Trinajstić information content (AvgIpc) is 2.40. The first kappa shape index (κ1) is 15.5. The number of rotatable bonds is 8. The van der Waals surface area contributed by atoms with Crippen LogP contribution in [0.1, 0.15) is 35.7 Å². The zero-order valence-electron chi connectivity index (χ0n) is 10.6. The molecule has 1 aromatic rings. The number of aliphatic hydroxyl groups excluding tert-OH is 1. The molecule has 0 saturated carbocycles. The van der Waals surface area contributed by atoms with Gasteiger partial charge < -0.3 is 5.11 Å². The molecule has 4 heteroatoms. The Kier molecular flexibility index (Phi) is 7.40. The Morgan fingerprint density at radius 1 is 1.44 bits per heavy atom. The molecule has 18 heavy (non-hydrogen) atoms. The summed E-state index contributed by atoms with van der Waals surface area (Å²) in [7, 11) is 0. The summed E-state index contributed by atoms with van der Waals surface area (Å²) in [5.74, 6) is 1.45. The lowest BCUT2D eigenvalue weighted by Gasteiger charge is -2.10. The fourth-order valence-corrected chi connectivity index (χ4v) is 3.00. The van der Waals surface area contributed by atoms with Crippen molar-refractivity contribution < 1.29 is 9.90 Å². The molecule has 0 saturated heterocycles. The minimum Gasteiger partial charge on any atom is -0.388 e. The van der Waals surface area contributed by atoms with Gasteiger partial charge in [-0.3, -0.25) is 4.79 Å². The molecule has 0 heterocycles. The summed E-state index contributed by atoms with van der Waals surface area (Å²) in [6, 6.07) is 5.68. The monoisotopic (exact) mass is 286 g/mol. The van der Waals surface area contributed by atoms with Gasteiger partial charge in [0, 0.05) is 16.3 Å². The van der Waals surface area contributed by atoms with Gasteiger partial charge in [-0.2, -0.15) is 0 Å². The summed E-state index contributed by atoms with van der Waals surface area (Å²) in [5, 5.41) is 8.88. The van der Waals surface area contributed by atoms with E-state index < -0.39 is 6.61 Å². The number of thioether (sulfide) groups is 1. The molecule has 0 radical (unpaired) electrons. The van der Waals surface area contributed by atoms with Crippen LogP contribution < -0.4 is 0 Å². The quantitative estimate of drug-likeness (QED) is 0.344. The average molecular weight is 287 g/mol. The third-order valence-electron chi connectivity index (χ3n) is 2.58. The summed E-state index contributed by atoms with van der Waals surface area (Å²) >= 11 is 7.45. The minimum atomic E-state index is -0.426. The fraction of sp³-hybridized carbons (Fsp3) is 0.500. The maximum atomic E-state index is 11.5. The first-order chi connectivity index (χ1) is 8.72. The topological polar surface area (TPSA) is 37.3 Å². The molecule has 0 bridgehead atoms. The highest BCUT2D eigenvalue weighted by Gasteiger charge is 2.09. The molecule has 1 N–H and O–H groups in total. The second-order valence-corrected chi connectivity index (χ2v) is 5.56. The van der Waals surface area contributed by atoms with E-state index in [-0.39, 0.29) is 5.78 Å². The van der Waals surface area contributed by atoms with E-state index in [0.717, 1.165) is 25.0 Å². The van der Waals surface area contributed by atoms with Crippen LogP contribution in [-0.4, -0.2) is 29.1 Å². The van der Waals surface area contributed by atoms with Gasteiger partial charge >= 0.3 is 0 Å². The van der Waals surface area contributed by atoms with Crippen molar-refractivity contribution in [2.75, 3.05) is 18.2 Å². The van der Waals surface area contributed by atoms with Crippen molar-refractivity contribution in [2.24, 2.45) is 0 Å². The molecule has 0 amide bonds. The Balaban J connectivity index is 2.85. The van der Waals surface area contributed by atoms with E-state index in [1.165, 1.54) is 10.5 Å². The summed E-state index contributed by atoms with van der Waals surface area (Å²) in [6.45, 7) is 1.69. The van der Waals surface area contributed by atoms with Gasteiger partial charge in [0.25, 0.3) is 0 Å². The molecule has 0 spiro atoms. The fourth-order valence-electron chi connectivity index (χ4n) is 1.69. The lowest BCUT2D eigenvalue weighted by Crippen LogP contribution is -2.05. The molecule has 0 fully saturated rings. The van der Waals surface area contributed by atoms with Crippen LogP contribution in [0.2, 0.25) is 0 Å². The molecule has 1 aromatic carbocycles. The molecule has 0 atom stereocenters. The van der Waals surface area contributed by atoms with Crippen molar-refractivity contribution >= 4 is 29.1 Å². The van der Waals surface area contributed by atoms with Crippen LogP contribution in [0.3, 0.4) is 0 Å². The van der Waals surface area contributed by atoms with Crippen LogP contribution >= 0.6 is 23.4 Å². The number of aryl methyl sites for hydroxylation is 1. The van der Waals surface area contributed by atoms with Gasteiger partial charge in [0.1, 0.15) is 6.61 Å². The summed E-state index contributed by atoms with van der Waals surface area (Å²) in [4.78, 5) is 12.7. The Morgan fingerprint density at radius 2 is 2.22 bits per heavy atom. The second-order valence-electron chi connectivity index (χ2n) is 4.04. The molecule has 0 aliphatic heterocycles. The SMILES string of the molecule is CCCc1cc(C(=O)CO)ccc1SCCCCl. The number of Topliss-reactive ketones (excluding diaryl/α,β-unsaturated/α-hetero) is 1. The molecule has 0 aromatic heterocycles. The molecular formula is C14H19ClO2S. The van der Waals surface area contributed by atoms with E-state index in [1.54, 1.807) is 17.8 Å². The molecule has 100 valence electrons. The van der Waals surface area contributed by atoms with Crippen LogP contribution in [0.15, 0.2) is 23.1 Å². The van der Waals surface area contributed by atoms with Gasteiger partial charge in [-0.05, 0) is 36.3 Å². The van der Waals surface area contributed by atoms with Gasteiger partial charge in [-0.1, -0.05) is 19.4 Å². The lowest BCUT2D eigenvalue weighted by molar-refractivity contribution is 0.0903. The van der Waals surface area contributed by atoms with Gasteiger partial charge in [-0.25, -0.2) is 0 Å². The summed E-state index contributed by atoms with van der Waals surface area (Å²) < 4.78 is 0. The number of carbonyl (C=O) groups excluding carboxylic acids is 1. The van der Waals surface area contributed by atoms with Crippen molar-refractivity contribution in [3.05, 3.63) is 29.3 Å². The number of hydrogen-bond donors (Lipinski definition) is 1. The van der Waals surface area contributed by atoms with E-state index in [0.29, 0.717) is 11.4 Å². The molecular weight excluding hydrogens is 268 g/mol. The van der Waals surface area contributed by atoms with Crippen LogP contribution in [-0.2, 0) is 6.42 Å². The number of alkyl halides is 1. The lowest BCUT2D eigenvalue weighted by atomic mass is 10.0. The first-order valence-corrected chi connectivity index (χ1v) is 7.70. The molecule has 2 nitrogen and oxygen atoms in total. The van der Waals surface area contributed by atoms with Crippen molar-refractivity contribution in [1.82, 2.24) is 0 Å². The smallest absolute Gasteiger partial charge is 0.188 e. The summed E-state index contributed by atoms with van der Waals surface area (Å²) in [5.41, 5.74) is 1.79. The number of benzene rings is 1. The number of halogens is 1. The predicted molar refractivity (Wildman–Crippen MR) is 77.9 cm³/mol. The van der Waals surface area contributed by atoms with Gasteiger partial charge in [0.05, 0.1) is 0 Å². The number of ketones is 1. The van der Waals surface area contributed by atoms with E-state index in [2.05, 4.69) is 6.92 Å². The predicted octanol–water partition coefficient (Wildman–Crippen LogP) is 3.54. The molecule has 1 rings (SSSR count). The third-order valence-corrected chi connectivity index (χ3v) is 4.05. The Morgan fingerprint density at radius 3 is 2.83 bits per heavy atom. The van der Waals surface area contributed by atoms with Gasteiger partial charge in [0.2, 0.25) is 0 Å². The number of aliphatic hydroxyl groups is 1. The largest absolute Gasteiger partial charge is 0.388 e. The van der Waals surface area contributed by atoms with Crippen molar-refractivity contribution in [1.29, 1.82) is 0 Å². The Bertz CT molecular complexity index is 393. The minimum absolute atomic E-state index is 0.218. The van der Waals surface area contributed by atoms with Gasteiger partial charge in [-0.15, -0.1) is 23.4 Å². The van der Waals surface area contributed by atoms with E-state index >= 15 is 0 Å². The van der Waals surface area contributed by atoms with Gasteiger partial charge in [0.15, 0.2) is 5.78 Å². The standard InChI is InChI=1S/C14H19ClO2S/c1-2-4-12-9-11(13(17)10-16)5-6-14(12)18-8-3-7-15/h5-6,9,16H,2-4,7-8,10H2,1H3. The Hall–Kier alpha value is -0.510. The highest BCUT2D eigenvalue weighted by molar-refractivity contribution is 7.99. The normalized spacial score (nSPS) is 10.6. The van der Waals surface area contributed by atoms with E-state index in [4.69, 9.17) is 16.7 Å². The molecule has 0 aliphatic carbocycles. The summed E-state index contributed by atoms with van der Waals surface area (Å²) in [6.07, 6.45) is 2.98. The van der Waals surface area contributed by atoms with Crippen LogP contribution in [0, 0.1) is 0 Å². The maximum absolute atomic E-state index is 11.5. The molecule has 0 unspecified atom stereocenters.